The molecule has 1 amide bonds. The number of carbonyl (C=O) groups is 2. The minimum Gasteiger partial charge on any atom is -0.469 e. The predicted molar refractivity (Wildman–Crippen MR) is 71.9 cm³/mol. The zero-order valence-electron chi connectivity index (χ0n) is 11.6. The summed E-state index contributed by atoms with van der Waals surface area (Å²) in [6.07, 6.45) is 0.684. The molecule has 0 bridgehead atoms. The Morgan fingerprint density at radius 3 is 2.68 bits per heavy atom. The molecule has 1 fully saturated rings. The van der Waals surface area contributed by atoms with Gasteiger partial charge in [0.15, 0.2) is 0 Å². The van der Waals surface area contributed by atoms with Crippen LogP contribution in [0.1, 0.15) is 27.9 Å². The van der Waals surface area contributed by atoms with E-state index in [2.05, 4.69) is 0 Å². The van der Waals surface area contributed by atoms with E-state index in [0.29, 0.717) is 19.5 Å². The Morgan fingerprint density at radius 1 is 1.32 bits per heavy atom. The molecule has 0 N–H and O–H groups in total. The fraction of sp³-hybridized carbons (Fsp3) is 0.467. The van der Waals surface area contributed by atoms with Crippen LogP contribution in [-0.2, 0) is 9.53 Å². The van der Waals surface area contributed by atoms with Gasteiger partial charge in [0.25, 0.3) is 5.91 Å². The van der Waals surface area contributed by atoms with Crippen LogP contribution in [0.3, 0.4) is 0 Å². The third-order valence-electron chi connectivity index (χ3n) is 3.62. The van der Waals surface area contributed by atoms with E-state index in [4.69, 9.17) is 4.74 Å². The van der Waals surface area contributed by atoms with Crippen molar-refractivity contribution < 1.29 is 14.3 Å². The maximum absolute atomic E-state index is 12.4. The summed E-state index contributed by atoms with van der Waals surface area (Å²) < 4.78 is 4.73. The van der Waals surface area contributed by atoms with Crippen molar-refractivity contribution >= 4 is 11.9 Å². The Bertz CT molecular complexity index is 510. The van der Waals surface area contributed by atoms with Gasteiger partial charge in [0, 0.05) is 18.7 Å². The number of hydrogen-bond donors (Lipinski definition) is 0. The summed E-state index contributed by atoms with van der Waals surface area (Å²) >= 11 is 0. The van der Waals surface area contributed by atoms with Crippen LogP contribution in [-0.4, -0.2) is 37.0 Å². The molecule has 1 unspecified atom stereocenters. The highest BCUT2D eigenvalue weighted by Crippen LogP contribution is 2.21. The Labute approximate surface area is 113 Å². The lowest BCUT2D eigenvalue weighted by Crippen LogP contribution is -2.30. The lowest BCUT2D eigenvalue weighted by Gasteiger charge is -2.17. The third kappa shape index (κ3) is 2.78. The number of benzene rings is 1. The molecule has 1 atom stereocenters. The van der Waals surface area contributed by atoms with Crippen molar-refractivity contribution in [3.63, 3.8) is 0 Å². The van der Waals surface area contributed by atoms with Gasteiger partial charge in [0.1, 0.15) is 0 Å². The number of nitrogens with zero attached hydrogens (tertiary/aromatic N) is 1. The zero-order chi connectivity index (χ0) is 14.0. The number of esters is 1. The number of carbonyl (C=O) groups excluding carboxylic acids is 2. The topological polar surface area (TPSA) is 46.6 Å². The van der Waals surface area contributed by atoms with Gasteiger partial charge in [-0.05, 0) is 31.9 Å². The summed E-state index contributed by atoms with van der Waals surface area (Å²) in [4.78, 5) is 25.6. The molecular weight excluding hydrogens is 242 g/mol. The molecule has 1 aromatic rings. The maximum Gasteiger partial charge on any atom is 0.310 e. The van der Waals surface area contributed by atoms with Crippen molar-refractivity contribution in [2.24, 2.45) is 5.92 Å². The van der Waals surface area contributed by atoms with Crippen molar-refractivity contribution in [2.75, 3.05) is 20.2 Å². The quantitative estimate of drug-likeness (QED) is 0.764. The van der Waals surface area contributed by atoms with Crippen molar-refractivity contribution in [3.8, 4) is 0 Å². The van der Waals surface area contributed by atoms with Crippen LogP contribution < -0.4 is 0 Å². The maximum atomic E-state index is 12.4. The average Bonchev–Trinajstić information content (AvgIpc) is 2.86. The monoisotopic (exact) mass is 261 g/mol. The number of aryl methyl sites for hydroxylation is 2. The van der Waals surface area contributed by atoms with E-state index in [9.17, 15) is 9.59 Å². The average molecular weight is 261 g/mol. The Balaban J connectivity index is 2.11. The van der Waals surface area contributed by atoms with E-state index >= 15 is 0 Å². The first kappa shape index (κ1) is 13.6. The molecule has 19 heavy (non-hydrogen) atoms. The molecule has 4 heteroatoms. The second-order valence-electron chi connectivity index (χ2n) is 5.08. The molecule has 0 spiro atoms. The molecule has 2 rings (SSSR count). The third-order valence-corrected chi connectivity index (χ3v) is 3.62. The van der Waals surface area contributed by atoms with E-state index < -0.39 is 0 Å². The summed E-state index contributed by atoms with van der Waals surface area (Å²) in [5.74, 6) is -0.403. The highest BCUT2D eigenvalue weighted by atomic mass is 16.5. The summed E-state index contributed by atoms with van der Waals surface area (Å²) in [6, 6.07) is 5.80. The Hall–Kier alpha value is -1.84. The predicted octanol–water partition coefficient (Wildman–Crippen LogP) is 1.94. The van der Waals surface area contributed by atoms with Crippen molar-refractivity contribution in [2.45, 2.75) is 20.3 Å². The van der Waals surface area contributed by atoms with Crippen LogP contribution in [0.5, 0.6) is 0 Å². The van der Waals surface area contributed by atoms with E-state index in [1.165, 1.54) is 7.11 Å². The van der Waals surface area contributed by atoms with Crippen LogP contribution in [0, 0.1) is 19.8 Å². The lowest BCUT2D eigenvalue weighted by atomic mass is 10.0. The molecular formula is C15H19NO3. The van der Waals surface area contributed by atoms with Gasteiger partial charge in [0.05, 0.1) is 13.0 Å². The first-order chi connectivity index (χ1) is 9.02. The van der Waals surface area contributed by atoms with Crippen LogP contribution >= 0.6 is 0 Å². The molecule has 0 radical (unpaired) electrons. The molecule has 1 aliphatic heterocycles. The first-order valence-electron chi connectivity index (χ1n) is 6.47. The normalized spacial score (nSPS) is 18.5. The highest BCUT2D eigenvalue weighted by Gasteiger charge is 2.32. The van der Waals surface area contributed by atoms with Gasteiger partial charge in [-0.3, -0.25) is 9.59 Å². The minimum atomic E-state index is -0.226. The standard InChI is InChI=1S/C15H19NO3/c1-10-4-5-13(11(2)8-10)14(17)16-7-6-12(9-16)15(18)19-3/h4-5,8,12H,6-7,9H2,1-3H3. The Morgan fingerprint density at radius 2 is 2.05 bits per heavy atom. The number of rotatable bonds is 2. The summed E-state index contributed by atoms with van der Waals surface area (Å²) in [5, 5.41) is 0. The molecule has 0 saturated carbocycles. The molecule has 0 aliphatic carbocycles. The number of amides is 1. The molecule has 1 saturated heterocycles. The number of ether oxygens (including phenoxy) is 1. The second-order valence-corrected chi connectivity index (χ2v) is 5.08. The fourth-order valence-electron chi connectivity index (χ4n) is 2.53. The van der Waals surface area contributed by atoms with Gasteiger partial charge in [-0.1, -0.05) is 17.7 Å². The van der Waals surface area contributed by atoms with E-state index in [-0.39, 0.29) is 17.8 Å². The van der Waals surface area contributed by atoms with Crippen molar-refractivity contribution in [3.05, 3.63) is 34.9 Å². The van der Waals surface area contributed by atoms with Crippen molar-refractivity contribution in [1.82, 2.24) is 4.90 Å². The van der Waals surface area contributed by atoms with Crippen LogP contribution in [0.2, 0.25) is 0 Å². The van der Waals surface area contributed by atoms with E-state index in [0.717, 1.165) is 16.7 Å². The van der Waals surface area contributed by atoms with Gasteiger partial charge < -0.3 is 9.64 Å². The van der Waals surface area contributed by atoms with Gasteiger partial charge in [0.2, 0.25) is 0 Å². The van der Waals surface area contributed by atoms with E-state index in [1.807, 2.05) is 32.0 Å². The molecule has 0 aromatic heterocycles. The lowest BCUT2D eigenvalue weighted by molar-refractivity contribution is -0.144. The summed E-state index contributed by atoms with van der Waals surface area (Å²) in [6.45, 7) is 5.02. The molecule has 1 aliphatic rings. The van der Waals surface area contributed by atoms with Crippen LogP contribution in [0.15, 0.2) is 18.2 Å². The number of likely N-dealkylation sites (tertiary alicyclic amines) is 1. The van der Waals surface area contributed by atoms with Crippen LogP contribution in [0.4, 0.5) is 0 Å². The largest absolute Gasteiger partial charge is 0.469 e. The fourth-order valence-corrected chi connectivity index (χ4v) is 2.53. The van der Waals surface area contributed by atoms with E-state index in [1.54, 1.807) is 4.90 Å². The van der Waals surface area contributed by atoms with Gasteiger partial charge in [-0.15, -0.1) is 0 Å². The number of methoxy groups -OCH3 is 1. The number of hydrogen-bond acceptors (Lipinski definition) is 3. The highest BCUT2D eigenvalue weighted by molar-refractivity contribution is 5.96. The Kier molecular flexibility index (Phi) is 3.88. The van der Waals surface area contributed by atoms with Crippen LogP contribution in [0.25, 0.3) is 0 Å². The summed E-state index contributed by atoms with van der Waals surface area (Å²) in [5.41, 5.74) is 2.84. The molecule has 1 heterocycles. The van der Waals surface area contributed by atoms with Gasteiger partial charge in [-0.25, -0.2) is 0 Å². The second kappa shape index (κ2) is 5.43. The minimum absolute atomic E-state index is 0.00361. The van der Waals surface area contributed by atoms with Gasteiger partial charge in [-0.2, -0.15) is 0 Å². The van der Waals surface area contributed by atoms with Gasteiger partial charge >= 0.3 is 5.97 Å². The van der Waals surface area contributed by atoms with Crippen molar-refractivity contribution in [1.29, 1.82) is 0 Å². The molecule has 4 nitrogen and oxygen atoms in total. The first-order valence-corrected chi connectivity index (χ1v) is 6.47. The summed E-state index contributed by atoms with van der Waals surface area (Å²) in [7, 11) is 1.39. The smallest absolute Gasteiger partial charge is 0.310 e. The zero-order valence-corrected chi connectivity index (χ0v) is 11.6. The SMILES string of the molecule is COC(=O)C1CCN(C(=O)c2ccc(C)cc2C)C1. The molecule has 102 valence electrons. The molecule has 1 aromatic carbocycles.